The number of rotatable bonds is 8. The van der Waals surface area contributed by atoms with Crippen molar-refractivity contribution in [3.8, 4) is 0 Å². The number of carbonyl (C=O) groups is 2. The zero-order valence-corrected chi connectivity index (χ0v) is 10.4. The molecule has 0 unspecified atom stereocenters. The van der Waals surface area contributed by atoms with Gasteiger partial charge in [-0.1, -0.05) is 0 Å². The molecule has 8 N–H and O–H groups in total. The van der Waals surface area contributed by atoms with Gasteiger partial charge in [0.25, 0.3) is 0 Å². The van der Waals surface area contributed by atoms with Gasteiger partial charge in [0.2, 0.25) is 0 Å². The average molecular weight is 300 g/mol. The summed E-state index contributed by atoms with van der Waals surface area (Å²) in [6.07, 6.45) is -9.26. The Hall–Kier alpha value is -0.980. The zero-order chi connectivity index (χ0) is 16.3. The van der Waals surface area contributed by atoms with Gasteiger partial charge in [0, 0.05) is 0 Å². The Bertz CT molecular complexity index is 234. The predicted octanol–water partition coefficient (Wildman–Crippen LogP) is -5.48. The summed E-state index contributed by atoms with van der Waals surface area (Å²) in [6, 6.07) is 0. The molecule has 0 heterocycles. The summed E-state index contributed by atoms with van der Waals surface area (Å²) in [5, 5.41) is 68.1. The fraction of sp³-hybridized carbons (Fsp3) is 0.800. The van der Waals surface area contributed by atoms with Crippen LogP contribution in [0.5, 0.6) is 0 Å². The summed E-state index contributed by atoms with van der Waals surface area (Å²) in [7, 11) is 0. The first kappa shape index (κ1) is 21.3. The van der Waals surface area contributed by atoms with E-state index in [1.54, 1.807) is 0 Å². The van der Waals surface area contributed by atoms with Crippen LogP contribution in [0.1, 0.15) is 0 Å². The number of hydrogen-bond acceptors (Lipinski definition) is 10. The highest BCUT2D eigenvalue weighted by atomic mass is 16.4. The SMILES string of the molecule is O=C[C@@H](O)[C@@H](O)[C@H](O)CO.O=C[C@@H](O)[C@@H](O)[C@H](O)CO. The van der Waals surface area contributed by atoms with Crippen LogP contribution in [0.15, 0.2) is 0 Å². The topological polar surface area (TPSA) is 196 Å². The van der Waals surface area contributed by atoms with Crippen LogP contribution in [0, 0.1) is 0 Å². The van der Waals surface area contributed by atoms with E-state index in [9.17, 15) is 9.59 Å². The Morgan fingerprint density at radius 1 is 0.650 bits per heavy atom. The molecule has 0 aromatic heterocycles. The third-order valence-electron chi connectivity index (χ3n) is 2.14. The van der Waals surface area contributed by atoms with Crippen LogP contribution in [0.2, 0.25) is 0 Å². The van der Waals surface area contributed by atoms with E-state index < -0.39 is 49.8 Å². The van der Waals surface area contributed by atoms with Crippen LogP contribution in [-0.4, -0.2) is 103 Å². The number of aliphatic hydroxyl groups excluding tert-OH is 8. The van der Waals surface area contributed by atoms with Crippen LogP contribution < -0.4 is 0 Å². The van der Waals surface area contributed by atoms with E-state index in [4.69, 9.17) is 40.9 Å². The molecule has 0 rings (SSSR count). The average Bonchev–Trinajstić information content (AvgIpc) is 2.50. The Labute approximate surface area is 114 Å². The lowest BCUT2D eigenvalue weighted by molar-refractivity contribution is -0.128. The van der Waals surface area contributed by atoms with Crippen LogP contribution in [0.4, 0.5) is 0 Å². The molecule has 0 bridgehead atoms. The van der Waals surface area contributed by atoms with Crippen LogP contribution in [0.25, 0.3) is 0 Å². The molecule has 0 aliphatic carbocycles. The van der Waals surface area contributed by atoms with E-state index in [-0.39, 0.29) is 12.6 Å². The molecular weight excluding hydrogens is 280 g/mol. The smallest absolute Gasteiger partial charge is 0.151 e. The quantitative estimate of drug-likeness (QED) is 0.200. The highest BCUT2D eigenvalue weighted by Gasteiger charge is 2.23. The summed E-state index contributed by atoms with van der Waals surface area (Å²) in [6.45, 7) is -1.38. The van der Waals surface area contributed by atoms with Crippen molar-refractivity contribution < 1.29 is 50.4 Å². The third-order valence-corrected chi connectivity index (χ3v) is 2.14. The summed E-state index contributed by atoms with van der Waals surface area (Å²) in [5.74, 6) is 0. The van der Waals surface area contributed by atoms with Gasteiger partial charge in [-0.3, -0.25) is 0 Å². The molecule has 0 amide bonds. The van der Waals surface area contributed by atoms with Crippen LogP contribution in [0.3, 0.4) is 0 Å². The molecule has 0 radical (unpaired) electrons. The van der Waals surface area contributed by atoms with Crippen molar-refractivity contribution in [3.63, 3.8) is 0 Å². The molecule has 0 spiro atoms. The van der Waals surface area contributed by atoms with Crippen molar-refractivity contribution in [2.24, 2.45) is 0 Å². The lowest BCUT2D eigenvalue weighted by atomic mass is 10.1. The Morgan fingerprint density at radius 2 is 0.900 bits per heavy atom. The Morgan fingerprint density at radius 3 is 1.05 bits per heavy atom. The van der Waals surface area contributed by atoms with Gasteiger partial charge in [-0.2, -0.15) is 0 Å². The summed E-state index contributed by atoms with van der Waals surface area (Å²) >= 11 is 0. The maximum atomic E-state index is 9.76. The third kappa shape index (κ3) is 8.24. The molecule has 20 heavy (non-hydrogen) atoms. The molecule has 0 saturated carbocycles. The standard InChI is InChI=1S/2C5H10O5/c2*6-1-3(8)5(10)4(9)2-7/h2*1,3-5,7-10H,2H2/t2*3-,4-,5-/m11/s1. The second-order valence-corrected chi connectivity index (χ2v) is 3.73. The maximum Gasteiger partial charge on any atom is 0.151 e. The van der Waals surface area contributed by atoms with Crippen molar-refractivity contribution in [2.45, 2.75) is 36.6 Å². The van der Waals surface area contributed by atoms with Crippen LogP contribution in [-0.2, 0) is 9.59 Å². The second kappa shape index (κ2) is 11.8. The molecular formula is C10H20O10. The predicted molar refractivity (Wildman–Crippen MR) is 62.3 cm³/mol. The van der Waals surface area contributed by atoms with Gasteiger partial charge in [-0.25, -0.2) is 0 Å². The first-order valence-electron chi connectivity index (χ1n) is 5.47. The first-order valence-corrected chi connectivity index (χ1v) is 5.47. The molecule has 0 aliphatic rings. The number of aldehydes is 2. The normalized spacial score (nSPS) is 19.6. The highest BCUT2D eigenvalue weighted by Crippen LogP contribution is 1.97. The molecule has 0 saturated heterocycles. The molecule has 6 atom stereocenters. The van der Waals surface area contributed by atoms with Crippen molar-refractivity contribution in [2.75, 3.05) is 13.2 Å². The van der Waals surface area contributed by atoms with Crippen LogP contribution >= 0.6 is 0 Å². The fourth-order valence-corrected chi connectivity index (χ4v) is 0.832. The number of hydrogen-bond donors (Lipinski definition) is 8. The fourth-order valence-electron chi connectivity index (χ4n) is 0.832. The summed E-state index contributed by atoms with van der Waals surface area (Å²) in [4.78, 5) is 19.5. The van der Waals surface area contributed by atoms with Gasteiger partial charge in [-0.05, 0) is 0 Å². The molecule has 10 nitrogen and oxygen atoms in total. The van der Waals surface area contributed by atoms with E-state index >= 15 is 0 Å². The van der Waals surface area contributed by atoms with Gasteiger partial charge in [-0.15, -0.1) is 0 Å². The molecule has 0 aromatic carbocycles. The minimum atomic E-state index is -1.64. The minimum absolute atomic E-state index is 0.0869. The Kier molecular flexibility index (Phi) is 12.6. The highest BCUT2D eigenvalue weighted by molar-refractivity contribution is 5.57. The van der Waals surface area contributed by atoms with E-state index in [1.165, 1.54) is 0 Å². The zero-order valence-electron chi connectivity index (χ0n) is 10.4. The van der Waals surface area contributed by atoms with Gasteiger partial charge >= 0.3 is 0 Å². The van der Waals surface area contributed by atoms with Gasteiger partial charge in [0.15, 0.2) is 12.6 Å². The molecule has 120 valence electrons. The van der Waals surface area contributed by atoms with E-state index in [0.717, 1.165) is 0 Å². The van der Waals surface area contributed by atoms with Gasteiger partial charge < -0.3 is 50.4 Å². The largest absolute Gasteiger partial charge is 0.394 e. The molecule has 0 aliphatic heterocycles. The monoisotopic (exact) mass is 300 g/mol. The molecule has 10 heteroatoms. The summed E-state index contributed by atoms with van der Waals surface area (Å²) in [5.41, 5.74) is 0. The maximum absolute atomic E-state index is 9.76. The van der Waals surface area contributed by atoms with Crippen molar-refractivity contribution in [3.05, 3.63) is 0 Å². The van der Waals surface area contributed by atoms with E-state index in [1.807, 2.05) is 0 Å². The Balaban J connectivity index is 0. The molecule has 0 fully saturated rings. The van der Waals surface area contributed by atoms with Gasteiger partial charge in [0.1, 0.15) is 36.6 Å². The van der Waals surface area contributed by atoms with E-state index in [0.29, 0.717) is 0 Å². The lowest BCUT2D eigenvalue weighted by Gasteiger charge is -2.16. The number of aliphatic hydroxyl groups is 8. The lowest BCUT2D eigenvalue weighted by Crippen LogP contribution is -2.40. The van der Waals surface area contributed by atoms with Crippen molar-refractivity contribution in [1.82, 2.24) is 0 Å². The number of carbonyl (C=O) groups excluding carboxylic acids is 2. The van der Waals surface area contributed by atoms with Crippen molar-refractivity contribution in [1.29, 1.82) is 0 Å². The summed E-state index contributed by atoms with van der Waals surface area (Å²) < 4.78 is 0. The van der Waals surface area contributed by atoms with Gasteiger partial charge in [0.05, 0.1) is 13.2 Å². The van der Waals surface area contributed by atoms with E-state index in [2.05, 4.69) is 0 Å². The molecule has 0 aromatic rings. The second-order valence-electron chi connectivity index (χ2n) is 3.73. The van der Waals surface area contributed by atoms with Crippen molar-refractivity contribution >= 4 is 12.6 Å². The minimum Gasteiger partial charge on any atom is -0.394 e. The first-order chi connectivity index (χ1) is 9.26.